The Labute approximate surface area is 138 Å². The zero-order chi connectivity index (χ0) is 16.5. The molecule has 3 aromatic rings. The van der Waals surface area contributed by atoms with Crippen LogP contribution in [0.25, 0.3) is 11.4 Å². The average Bonchev–Trinajstić information content (AvgIpc) is 3.07. The molecular formula is C17H16FN5O. The first kappa shape index (κ1) is 14.6. The van der Waals surface area contributed by atoms with E-state index in [1.807, 2.05) is 19.2 Å². The Morgan fingerprint density at radius 1 is 1.17 bits per heavy atom. The lowest BCUT2D eigenvalue weighted by atomic mass is 10.2. The molecule has 0 aliphatic carbocycles. The zero-order valence-corrected chi connectivity index (χ0v) is 13.2. The van der Waals surface area contributed by atoms with Crippen molar-refractivity contribution in [2.24, 2.45) is 0 Å². The molecule has 0 saturated carbocycles. The lowest BCUT2D eigenvalue weighted by Crippen LogP contribution is -2.39. The fraction of sp³-hybridized carbons (Fsp3) is 0.235. The normalized spacial score (nSPS) is 13.9. The molecule has 0 spiro atoms. The number of hydrogen-bond acceptors (Lipinski definition) is 6. The molecule has 0 fully saturated rings. The first-order valence-corrected chi connectivity index (χ1v) is 7.70. The summed E-state index contributed by atoms with van der Waals surface area (Å²) in [5.74, 6) is 1.64. The van der Waals surface area contributed by atoms with Gasteiger partial charge in [0.05, 0.1) is 12.2 Å². The minimum absolute atomic E-state index is 0.288. The highest BCUT2D eigenvalue weighted by molar-refractivity contribution is 5.68. The fourth-order valence-electron chi connectivity index (χ4n) is 2.79. The summed E-state index contributed by atoms with van der Waals surface area (Å²) in [5, 5.41) is 3.99. The van der Waals surface area contributed by atoms with Crippen LogP contribution in [-0.4, -0.2) is 35.3 Å². The van der Waals surface area contributed by atoms with Crippen molar-refractivity contribution in [1.82, 2.24) is 15.1 Å². The lowest BCUT2D eigenvalue weighted by molar-refractivity contribution is 0.376. The van der Waals surface area contributed by atoms with Crippen molar-refractivity contribution < 1.29 is 8.91 Å². The Bertz CT molecular complexity index is 848. The molecule has 0 bridgehead atoms. The van der Waals surface area contributed by atoms with Gasteiger partial charge in [-0.25, -0.2) is 9.37 Å². The van der Waals surface area contributed by atoms with Gasteiger partial charge in [0, 0.05) is 31.9 Å². The van der Waals surface area contributed by atoms with E-state index in [-0.39, 0.29) is 5.82 Å². The Kier molecular flexibility index (Phi) is 3.60. The molecule has 0 N–H and O–H groups in total. The molecule has 122 valence electrons. The SMILES string of the molecule is CN1CCN(Cc2nc(-c3ccc(F)cc3)no2)c2cccnc21. The van der Waals surface area contributed by atoms with Crippen LogP contribution in [0, 0.1) is 5.82 Å². The maximum atomic E-state index is 13.0. The maximum absolute atomic E-state index is 13.0. The second kappa shape index (κ2) is 5.92. The Morgan fingerprint density at radius 3 is 2.83 bits per heavy atom. The van der Waals surface area contributed by atoms with Crippen molar-refractivity contribution in [3.05, 3.63) is 54.3 Å². The molecule has 1 aliphatic heterocycles. The minimum atomic E-state index is -0.288. The number of halogens is 1. The van der Waals surface area contributed by atoms with Gasteiger partial charge in [-0.3, -0.25) is 0 Å². The van der Waals surface area contributed by atoms with Crippen molar-refractivity contribution in [3.63, 3.8) is 0 Å². The molecule has 0 unspecified atom stereocenters. The number of aromatic nitrogens is 3. The second-order valence-corrected chi connectivity index (χ2v) is 5.71. The van der Waals surface area contributed by atoms with Crippen molar-refractivity contribution in [2.45, 2.75) is 6.54 Å². The predicted octanol–water partition coefficient (Wildman–Crippen LogP) is 2.73. The van der Waals surface area contributed by atoms with Crippen molar-refractivity contribution in [2.75, 3.05) is 29.9 Å². The molecular weight excluding hydrogens is 309 g/mol. The van der Waals surface area contributed by atoms with E-state index in [0.29, 0.717) is 18.3 Å². The highest BCUT2D eigenvalue weighted by Gasteiger charge is 2.23. The summed E-state index contributed by atoms with van der Waals surface area (Å²) in [6, 6.07) is 10.00. The highest BCUT2D eigenvalue weighted by atomic mass is 19.1. The first-order chi connectivity index (χ1) is 11.7. The van der Waals surface area contributed by atoms with Crippen LogP contribution in [0.4, 0.5) is 15.9 Å². The van der Waals surface area contributed by atoms with Gasteiger partial charge in [-0.15, -0.1) is 0 Å². The molecule has 0 atom stereocenters. The van der Waals surface area contributed by atoms with Crippen molar-refractivity contribution in [1.29, 1.82) is 0 Å². The van der Waals surface area contributed by atoms with E-state index in [0.717, 1.165) is 30.2 Å². The minimum Gasteiger partial charge on any atom is -0.357 e. The summed E-state index contributed by atoms with van der Waals surface area (Å²) in [7, 11) is 2.03. The highest BCUT2D eigenvalue weighted by Crippen LogP contribution is 2.30. The van der Waals surface area contributed by atoms with Gasteiger partial charge in [-0.2, -0.15) is 4.98 Å². The van der Waals surface area contributed by atoms with Crippen molar-refractivity contribution in [3.8, 4) is 11.4 Å². The molecule has 1 aliphatic rings. The summed E-state index contributed by atoms with van der Waals surface area (Å²) in [6.07, 6.45) is 1.79. The van der Waals surface area contributed by atoms with Gasteiger partial charge in [0.15, 0.2) is 5.82 Å². The number of nitrogens with zero attached hydrogens (tertiary/aromatic N) is 5. The Balaban J connectivity index is 1.57. The monoisotopic (exact) mass is 325 g/mol. The summed E-state index contributed by atoms with van der Waals surface area (Å²) in [4.78, 5) is 13.2. The van der Waals surface area contributed by atoms with Crippen LogP contribution in [0.15, 0.2) is 47.1 Å². The number of benzene rings is 1. The molecule has 0 saturated heterocycles. The van der Waals surface area contributed by atoms with Crippen molar-refractivity contribution >= 4 is 11.5 Å². The summed E-state index contributed by atoms with van der Waals surface area (Å²) >= 11 is 0. The van der Waals surface area contributed by atoms with E-state index >= 15 is 0 Å². The molecule has 3 heterocycles. The number of hydrogen-bond donors (Lipinski definition) is 0. The smallest absolute Gasteiger partial charge is 0.246 e. The van der Waals surface area contributed by atoms with Crippen LogP contribution in [0.5, 0.6) is 0 Å². The van der Waals surface area contributed by atoms with E-state index in [1.165, 1.54) is 12.1 Å². The molecule has 2 aromatic heterocycles. The third-order valence-corrected chi connectivity index (χ3v) is 4.07. The summed E-state index contributed by atoms with van der Waals surface area (Å²) in [6.45, 7) is 2.24. The first-order valence-electron chi connectivity index (χ1n) is 7.70. The molecule has 7 heteroatoms. The van der Waals surface area contributed by atoms with Gasteiger partial charge >= 0.3 is 0 Å². The van der Waals surface area contributed by atoms with Crippen LogP contribution < -0.4 is 9.80 Å². The Hall–Kier alpha value is -2.96. The standard InChI is InChI=1S/C17H16FN5O/c1-22-9-10-23(14-3-2-8-19-17(14)22)11-15-20-16(21-24-15)12-4-6-13(18)7-5-12/h2-8H,9-11H2,1H3. The summed E-state index contributed by atoms with van der Waals surface area (Å²) < 4.78 is 18.4. The molecule has 6 nitrogen and oxygen atoms in total. The number of likely N-dealkylation sites (N-methyl/N-ethyl adjacent to an activating group) is 1. The van der Waals surface area contributed by atoms with E-state index < -0.39 is 0 Å². The maximum Gasteiger partial charge on any atom is 0.246 e. The van der Waals surface area contributed by atoms with Crippen LogP contribution in [-0.2, 0) is 6.54 Å². The van der Waals surface area contributed by atoms with E-state index in [2.05, 4.69) is 24.9 Å². The number of pyridine rings is 1. The largest absolute Gasteiger partial charge is 0.357 e. The predicted molar refractivity (Wildman–Crippen MR) is 88.2 cm³/mol. The van der Waals surface area contributed by atoms with Gasteiger partial charge in [-0.05, 0) is 36.4 Å². The average molecular weight is 325 g/mol. The van der Waals surface area contributed by atoms with E-state index in [9.17, 15) is 4.39 Å². The quantitative estimate of drug-likeness (QED) is 0.738. The van der Waals surface area contributed by atoms with Crippen LogP contribution in [0.1, 0.15) is 5.89 Å². The zero-order valence-electron chi connectivity index (χ0n) is 13.2. The van der Waals surface area contributed by atoms with Gasteiger partial charge in [0.1, 0.15) is 5.82 Å². The molecule has 1 aromatic carbocycles. The Morgan fingerprint density at radius 2 is 2.00 bits per heavy atom. The second-order valence-electron chi connectivity index (χ2n) is 5.71. The summed E-state index contributed by atoms with van der Waals surface area (Å²) in [5.41, 5.74) is 1.78. The van der Waals surface area contributed by atoms with Gasteiger partial charge in [0.2, 0.25) is 11.7 Å². The molecule has 0 radical (unpaired) electrons. The van der Waals surface area contributed by atoms with Crippen LogP contribution in [0.3, 0.4) is 0 Å². The number of anilines is 2. The van der Waals surface area contributed by atoms with Gasteiger partial charge in [0.25, 0.3) is 0 Å². The lowest BCUT2D eigenvalue weighted by Gasteiger charge is -2.34. The number of fused-ring (bicyclic) bond motifs is 1. The fourth-order valence-corrected chi connectivity index (χ4v) is 2.79. The van der Waals surface area contributed by atoms with Gasteiger partial charge in [-0.1, -0.05) is 5.16 Å². The van der Waals surface area contributed by atoms with Crippen LogP contribution >= 0.6 is 0 Å². The molecule has 4 rings (SSSR count). The number of rotatable bonds is 3. The molecule has 0 amide bonds. The molecule has 24 heavy (non-hydrogen) atoms. The van der Waals surface area contributed by atoms with Gasteiger partial charge < -0.3 is 14.3 Å². The third-order valence-electron chi connectivity index (χ3n) is 4.07. The van der Waals surface area contributed by atoms with E-state index in [1.54, 1.807) is 18.3 Å². The van der Waals surface area contributed by atoms with E-state index in [4.69, 9.17) is 4.52 Å². The third kappa shape index (κ3) is 2.68. The topological polar surface area (TPSA) is 58.3 Å². The van der Waals surface area contributed by atoms with Crippen LogP contribution in [0.2, 0.25) is 0 Å².